The van der Waals surface area contributed by atoms with Gasteiger partial charge < -0.3 is 4.74 Å². The maximum Gasteiger partial charge on any atom is 0.314 e. The van der Waals surface area contributed by atoms with E-state index in [9.17, 15) is 14.4 Å². The SMILES string of the molecule is O=C1NC(=O)/C(=C/c2ccc(OC(=O)C3CCC3)cc2)S1. The fourth-order valence-corrected chi connectivity index (χ4v) is 2.73. The third-order valence-corrected chi connectivity index (χ3v) is 4.29. The quantitative estimate of drug-likeness (QED) is 0.528. The Morgan fingerprint density at radius 3 is 2.48 bits per heavy atom. The van der Waals surface area contributed by atoms with Crippen molar-refractivity contribution in [2.75, 3.05) is 0 Å². The molecule has 1 heterocycles. The molecule has 1 saturated heterocycles. The first-order valence-electron chi connectivity index (χ1n) is 6.68. The van der Waals surface area contributed by atoms with Gasteiger partial charge >= 0.3 is 5.97 Å². The molecule has 0 radical (unpaired) electrons. The average molecular weight is 303 g/mol. The molecule has 1 aromatic rings. The first-order chi connectivity index (χ1) is 10.1. The zero-order valence-electron chi connectivity index (χ0n) is 11.1. The maximum atomic E-state index is 11.7. The van der Waals surface area contributed by atoms with Crippen molar-refractivity contribution >= 4 is 35.0 Å². The molecular weight excluding hydrogens is 290 g/mol. The van der Waals surface area contributed by atoms with E-state index < -0.39 is 0 Å². The second kappa shape index (κ2) is 5.73. The van der Waals surface area contributed by atoms with Crippen LogP contribution in [-0.4, -0.2) is 17.1 Å². The fourth-order valence-electron chi connectivity index (χ4n) is 2.05. The van der Waals surface area contributed by atoms with Crippen LogP contribution in [-0.2, 0) is 9.59 Å². The van der Waals surface area contributed by atoms with E-state index in [2.05, 4.69) is 5.32 Å². The molecule has 108 valence electrons. The minimum Gasteiger partial charge on any atom is -0.426 e. The number of imide groups is 1. The molecule has 3 rings (SSSR count). The molecule has 2 fully saturated rings. The highest BCUT2D eigenvalue weighted by molar-refractivity contribution is 8.18. The van der Waals surface area contributed by atoms with Gasteiger partial charge in [-0.2, -0.15) is 0 Å². The lowest BCUT2D eigenvalue weighted by atomic mass is 9.86. The van der Waals surface area contributed by atoms with Gasteiger partial charge in [-0.25, -0.2) is 0 Å². The van der Waals surface area contributed by atoms with Gasteiger partial charge in [-0.05, 0) is 48.4 Å². The monoisotopic (exact) mass is 303 g/mol. The van der Waals surface area contributed by atoms with Gasteiger partial charge in [-0.3, -0.25) is 19.7 Å². The highest BCUT2D eigenvalue weighted by Crippen LogP contribution is 2.29. The number of esters is 1. The molecule has 21 heavy (non-hydrogen) atoms. The predicted octanol–water partition coefficient (Wildman–Crippen LogP) is 2.72. The van der Waals surface area contributed by atoms with Crippen LogP contribution in [0.4, 0.5) is 4.79 Å². The van der Waals surface area contributed by atoms with E-state index >= 15 is 0 Å². The number of benzene rings is 1. The van der Waals surface area contributed by atoms with Gasteiger partial charge in [0.2, 0.25) is 0 Å². The zero-order valence-corrected chi connectivity index (χ0v) is 11.9. The Bertz CT molecular complexity index is 632. The number of thioether (sulfide) groups is 1. The summed E-state index contributed by atoms with van der Waals surface area (Å²) in [6, 6.07) is 6.85. The minimum absolute atomic E-state index is 0.0383. The molecule has 2 aliphatic rings. The van der Waals surface area contributed by atoms with Crippen molar-refractivity contribution in [2.45, 2.75) is 19.3 Å². The first kappa shape index (κ1) is 13.9. The van der Waals surface area contributed by atoms with E-state index in [0.29, 0.717) is 10.7 Å². The van der Waals surface area contributed by atoms with Crippen molar-refractivity contribution in [1.29, 1.82) is 0 Å². The molecule has 1 aromatic carbocycles. The van der Waals surface area contributed by atoms with Crippen molar-refractivity contribution in [1.82, 2.24) is 5.32 Å². The summed E-state index contributed by atoms with van der Waals surface area (Å²) in [5.74, 6) is -0.0285. The van der Waals surface area contributed by atoms with E-state index in [4.69, 9.17) is 4.74 Å². The van der Waals surface area contributed by atoms with E-state index in [-0.39, 0.29) is 23.0 Å². The topological polar surface area (TPSA) is 72.5 Å². The van der Waals surface area contributed by atoms with Crippen molar-refractivity contribution in [3.8, 4) is 5.75 Å². The smallest absolute Gasteiger partial charge is 0.314 e. The van der Waals surface area contributed by atoms with Gasteiger partial charge in [-0.1, -0.05) is 18.6 Å². The lowest BCUT2D eigenvalue weighted by molar-refractivity contribution is -0.141. The second-order valence-electron chi connectivity index (χ2n) is 4.97. The molecule has 2 amide bonds. The van der Waals surface area contributed by atoms with Crippen LogP contribution in [0.25, 0.3) is 6.08 Å². The second-order valence-corrected chi connectivity index (χ2v) is 5.98. The standard InChI is InChI=1S/C15H13NO4S/c17-13-12(21-15(19)16-13)8-9-4-6-11(7-5-9)20-14(18)10-2-1-3-10/h4-8,10H,1-3H2,(H,16,17,19)/b12-8-. The average Bonchev–Trinajstić information content (AvgIpc) is 2.68. The predicted molar refractivity (Wildman–Crippen MR) is 78.5 cm³/mol. The summed E-state index contributed by atoms with van der Waals surface area (Å²) in [6.07, 6.45) is 4.53. The molecular formula is C15H13NO4S. The van der Waals surface area contributed by atoms with Crippen molar-refractivity contribution in [3.63, 3.8) is 0 Å². The summed E-state index contributed by atoms with van der Waals surface area (Å²) in [4.78, 5) is 34.6. The molecule has 1 N–H and O–H groups in total. The molecule has 0 aromatic heterocycles. The van der Waals surface area contributed by atoms with E-state index in [1.54, 1.807) is 30.3 Å². The number of carbonyl (C=O) groups excluding carboxylic acids is 3. The summed E-state index contributed by atoms with van der Waals surface area (Å²) in [5, 5.41) is 1.83. The van der Waals surface area contributed by atoms with Gasteiger partial charge in [-0.15, -0.1) is 0 Å². The Hall–Kier alpha value is -2.08. The van der Waals surface area contributed by atoms with Crippen LogP contribution >= 0.6 is 11.8 Å². The van der Waals surface area contributed by atoms with Gasteiger partial charge in [0.05, 0.1) is 10.8 Å². The molecule has 5 nitrogen and oxygen atoms in total. The lowest BCUT2D eigenvalue weighted by Gasteiger charge is -2.22. The van der Waals surface area contributed by atoms with Crippen molar-refractivity contribution < 1.29 is 19.1 Å². The lowest BCUT2D eigenvalue weighted by Crippen LogP contribution is -2.26. The molecule has 1 saturated carbocycles. The largest absolute Gasteiger partial charge is 0.426 e. The van der Waals surface area contributed by atoms with Crippen LogP contribution in [0.3, 0.4) is 0 Å². The molecule has 0 atom stereocenters. The minimum atomic E-state index is -0.384. The normalized spacial score (nSPS) is 20.3. The molecule has 0 unspecified atom stereocenters. The number of nitrogens with one attached hydrogen (secondary N) is 1. The Morgan fingerprint density at radius 2 is 1.95 bits per heavy atom. The number of hydrogen-bond donors (Lipinski definition) is 1. The Labute approximate surface area is 125 Å². The van der Waals surface area contributed by atoms with Gasteiger partial charge in [0.1, 0.15) is 5.75 Å². The number of carbonyl (C=O) groups is 3. The van der Waals surface area contributed by atoms with E-state index in [1.807, 2.05) is 0 Å². The Kier molecular flexibility index (Phi) is 3.79. The highest BCUT2D eigenvalue weighted by atomic mass is 32.2. The van der Waals surface area contributed by atoms with Gasteiger partial charge in [0, 0.05) is 0 Å². The molecule has 1 aliphatic heterocycles. The van der Waals surface area contributed by atoms with Crippen LogP contribution in [0.15, 0.2) is 29.2 Å². The molecule has 0 bridgehead atoms. The summed E-state index contributed by atoms with van der Waals surface area (Å²) in [6.45, 7) is 0. The number of rotatable bonds is 3. The van der Waals surface area contributed by atoms with Crippen LogP contribution in [0, 0.1) is 5.92 Å². The number of hydrogen-bond acceptors (Lipinski definition) is 5. The Morgan fingerprint density at radius 1 is 1.24 bits per heavy atom. The fraction of sp³-hybridized carbons (Fsp3) is 0.267. The zero-order chi connectivity index (χ0) is 14.8. The summed E-state index contributed by atoms with van der Waals surface area (Å²) in [5.41, 5.74) is 0.769. The van der Waals surface area contributed by atoms with Crippen molar-refractivity contribution in [3.05, 3.63) is 34.7 Å². The maximum absolute atomic E-state index is 11.7. The van der Waals surface area contributed by atoms with Crippen molar-refractivity contribution in [2.24, 2.45) is 5.92 Å². The Balaban J connectivity index is 1.66. The van der Waals surface area contributed by atoms with Crippen LogP contribution in [0.5, 0.6) is 5.75 Å². The van der Waals surface area contributed by atoms with Gasteiger partial charge in [0.25, 0.3) is 11.1 Å². The van der Waals surface area contributed by atoms with Crippen LogP contribution in [0.1, 0.15) is 24.8 Å². The van der Waals surface area contributed by atoms with E-state index in [1.165, 1.54) is 0 Å². The summed E-state index contributed by atoms with van der Waals surface area (Å²) in [7, 11) is 0. The summed E-state index contributed by atoms with van der Waals surface area (Å²) >= 11 is 0.874. The summed E-state index contributed by atoms with van der Waals surface area (Å²) < 4.78 is 5.28. The molecule has 1 aliphatic carbocycles. The highest BCUT2D eigenvalue weighted by Gasteiger charge is 2.27. The third-order valence-electron chi connectivity index (χ3n) is 3.48. The number of ether oxygens (including phenoxy) is 1. The van der Waals surface area contributed by atoms with Gasteiger partial charge in [0.15, 0.2) is 0 Å². The third kappa shape index (κ3) is 3.16. The number of amides is 2. The molecule has 6 heteroatoms. The molecule has 0 spiro atoms. The van der Waals surface area contributed by atoms with E-state index in [0.717, 1.165) is 36.6 Å². The van der Waals surface area contributed by atoms with Crippen LogP contribution < -0.4 is 10.1 Å². The first-order valence-corrected chi connectivity index (χ1v) is 7.50. The van der Waals surface area contributed by atoms with Crippen LogP contribution in [0.2, 0.25) is 0 Å².